The van der Waals surface area contributed by atoms with Crippen molar-refractivity contribution in [3.05, 3.63) is 60.7 Å². The molecule has 0 aliphatic carbocycles. The van der Waals surface area contributed by atoms with Crippen LogP contribution in [0.5, 0.6) is 0 Å². The molecule has 0 aliphatic rings. The van der Waals surface area contributed by atoms with Gasteiger partial charge in [0.2, 0.25) is 8.96 Å². The Hall–Kier alpha value is -1.42. The van der Waals surface area contributed by atoms with Crippen LogP contribution in [0.1, 0.15) is 0 Å². The summed E-state index contributed by atoms with van der Waals surface area (Å²) in [6, 6.07) is 21.1. The number of hydrogen-bond acceptors (Lipinski definition) is 2. The third-order valence-electron chi connectivity index (χ3n) is 2.37. The molecule has 0 aromatic heterocycles. The molecule has 0 spiro atoms. The van der Waals surface area contributed by atoms with Crippen LogP contribution in [0, 0.1) is 0 Å². The topological polar surface area (TPSA) is 24.1 Å². The molecule has 1 radical (unpaired) electrons. The van der Waals surface area contributed by atoms with Gasteiger partial charge in [-0.3, -0.25) is 10.5 Å². The van der Waals surface area contributed by atoms with Crippen LogP contribution < -0.4 is 20.9 Å². The normalized spacial score (nSPS) is 10.6. The molecule has 2 N–H and O–H groups in total. The number of hydrazine groups is 1. The van der Waals surface area contributed by atoms with Crippen LogP contribution in [0.2, 0.25) is 0 Å². The Kier molecular flexibility index (Phi) is 3.88. The minimum absolute atomic E-state index is 0.912. The maximum absolute atomic E-state index is 3.37. The van der Waals surface area contributed by atoms with E-state index < -0.39 is 8.96 Å². The van der Waals surface area contributed by atoms with Gasteiger partial charge in [0.05, 0.1) is 0 Å². The van der Waals surface area contributed by atoms with Crippen molar-refractivity contribution in [1.82, 2.24) is 10.5 Å². The van der Waals surface area contributed by atoms with Gasteiger partial charge < -0.3 is 0 Å². The summed E-state index contributed by atoms with van der Waals surface area (Å²) >= 11 is 0. The molecule has 2 nitrogen and oxygen atoms in total. The molecular weight excluding hydrogens is 212 g/mol. The predicted octanol–water partition coefficient (Wildman–Crippen LogP) is 0.516. The second-order valence-corrected chi connectivity index (χ2v) is 5.64. The van der Waals surface area contributed by atoms with Crippen molar-refractivity contribution < 1.29 is 0 Å². The molecule has 2 aromatic carbocycles. The van der Waals surface area contributed by atoms with Crippen LogP contribution >= 0.6 is 0 Å². The number of nitrogens with one attached hydrogen (secondary N) is 2. The molecule has 16 heavy (non-hydrogen) atoms. The largest absolute Gasteiger partial charge is 0.270 e. The molecule has 3 heteroatoms. The summed E-state index contributed by atoms with van der Waals surface area (Å²) in [6.45, 7) is 0. The minimum atomic E-state index is -0.912. The van der Waals surface area contributed by atoms with Crippen LogP contribution in [0.4, 0.5) is 0 Å². The van der Waals surface area contributed by atoms with Crippen molar-refractivity contribution in [3.63, 3.8) is 0 Å². The summed E-state index contributed by atoms with van der Waals surface area (Å²) in [4.78, 5) is 0. The summed E-state index contributed by atoms with van der Waals surface area (Å²) in [6.07, 6.45) is 0. The van der Waals surface area contributed by atoms with Crippen LogP contribution in [0.15, 0.2) is 60.7 Å². The van der Waals surface area contributed by atoms with Gasteiger partial charge in [-0.25, -0.2) is 0 Å². The fourth-order valence-corrected chi connectivity index (χ4v) is 3.57. The second kappa shape index (κ2) is 5.60. The van der Waals surface area contributed by atoms with Crippen molar-refractivity contribution >= 4 is 19.3 Å². The van der Waals surface area contributed by atoms with Crippen molar-refractivity contribution in [1.29, 1.82) is 0 Å². The zero-order chi connectivity index (χ0) is 11.2. The van der Waals surface area contributed by atoms with Gasteiger partial charge in [-0.2, -0.15) is 0 Å². The van der Waals surface area contributed by atoms with E-state index in [0.717, 1.165) is 0 Å². The highest BCUT2D eigenvalue weighted by Gasteiger charge is 2.15. The van der Waals surface area contributed by atoms with Crippen LogP contribution in [0.25, 0.3) is 0 Å². The Labute approximate surface area is 98.0 Å². The molecule has 81 valence electrons. The maximum atomic E-state index is 3.37. The van der Waals surface area contributed by atoms with Gasteiger partial charge >= 0.3 is 0 Å². The summed E-state index contributed by atoms with van der Waals surface area (Å²) in [5.41, 5.74) is 3.06. The van der Waals surface area contributed by atoms with Gasteiger partial charge in [0.15, 0.2) is 0 Å². The zero-order valence-electron chi connectivity index (χ0n) is 9.27. The Bertz CT molecular complexity index is 377. The van der Waals surface area contributed by atoms with E-state index in [1.165, 1.54) is 10.4 Å². The van der Waals surface area contributed by atoms with E-state index >= 15 is 0 Å². The maximum Gasteiger partial charge on any atom is 0.220 e. The fraction of sp³-hybridized carbons (Fsp3) is 0.0769. The van der Waals surface area contributed by atoms with E-state index in [1.807, 2.05) is 19.2 Å². The van der Waals surface area contributed by atoms with Gasteiger partial charge in [-0.1, -0.05) is 60.7 Å². The lowest BCUT2D eigenvalue weighted by Crippen LogP contribution is -2.58. The molecule has 0 saturated heterocycles. The van der Waals surface area contributed by atoms with Gasteiger partial charge in [-0.05, 0) is 17.4 Å². The third-order valence-corrected chi connectivity index (χ3v) is 4.70. The van der Waals surface area contributed by atoms with E-state index in [4.69, 9.17) is 0 Å². The SMILES string of the molecule is CNN[Si](c1ccccc1)c1ccccc1. The average Bonchev–Trinajstić information content (AvgIpc) is 2.38. The molecule has 2 aromatic rings. The number of rotatable bonds is 4. The highest BCUT2D eigenvalue weighted by molar-refractivity contribution is 6.83. The van der Waals surface area contributed by atoms with Crippen LogP contribution in [-0.2, 0) is 0 Å². The molecule has 0 aliphatic heterocycles. The lowest BCUT2D eigenvalue weighted by Gasteiger charge is -2.16. The monoisotopic (exact) mass is 227 g/mol. The molecular formula is C13H15N2Si. The quantitative estimate of drug-likeness (QED) is 0.588. The van der Waals surface area contributed by atoms with E-state index in [-0.39, 0.29) is 0 Å². The Morgan fingerprint density at radius 1 is 0.750 bits per heavy atom. The lowest BCUT2D eigenvalue weighted by molar-refractivity contribution is 0.791. The van der Waals surface area contributed by atoms with E-state index in [0.29, 0.717) is 0 Å². The second-order valence-electron chi connectivity index (χ2n) is 3.48. The van der Waals surface area contributed by atoms with E-state index in [1.54, 1.807) is 0 Å². The van der Waals surface area contributed by atoms with Crippen molar-refractivity contribution in [2.24, 2.45) is 0 Å². The molecule has 0 fully saturated rings. The smallest absolute Gasteiger partial charge is 0.220 e. The lowest BCUT2D eigenvalue weighted by atomic mass is 10.4. The first-order chi connectivity index (χ1) is 7.92. The summed E-state index contributed by atoms with van der Waals surface area (Å²) in [5.74, 6) is 0. The van der Waals surface area contributed by atoms with Crippen molar-refractivity contribution in [2.45, 2.75) is 0 Å². The minimum Gasteiger partial charge on any atom is -0.270 e. The first kappa shape index (κ1) is 11.1. The van der Waals surface area contributed by atoms with Gasteiger partial charge in [0, 0.05) is 0 Å². The molecule has 0 bridgehead atoms. The Balaban J connectivity index is 2.31. The summed E-state index contributed by atoms with van der Waals surface area (Å²) in [7, 11) is 1.00. The molecule has 0 heterocycles. The standard InChI is InChI=1S/C13H15N2Si/c1-14-15-16(12-8-4-2-5-9-12)13-10-6-3-7-11-13/h2-11,14-15H,1H3. The van der Waals surface area contributed by atoms with Gasteiger partial charge in [0.1, 0.15) is 0 Å². The number of benzene rings is 2. The van der Waals surface area contributed by atoms with E-state index in [9.17, 15) is 0 Å². The molecule has 2 rings (SSSR count). The highest BCUT2D eigenvalue weighted by atomic mass is 28.3. The van der Waals surface area contributed by atoms with Crippen molar-refractivity contribution in [3.8, 4) is 0 Å². The summed E-state index contributed by atoms with van der Waals surface area (Å²) < 4.78 is 0. The Morgan fingerprint density at radius 2 is 1.19 bits per heavy atom. The zero-order valence-corrected chi connectivity index (χ0v) is 10.3. The predicted molar refractivity (Wildman–Crippen MR) is 70.1 cm³/mol. The highest BCUT2D eigenvalue weighted by Crippen LogP contribution is 1.89. The van der Waals surface area contributed by atoms with Crippen LogP contribution in [-0.4, -0.2) is 16.0 Å². The number of hydrogen-bond donors (Lipinski definition) is 2. The fourth-order valence-electron chi connectivity index (χ4n) is 1.65. The average molecular weight is 227 g/mol. The van der Waals surface area contributed by atoms with E-state index in [2.05, 4.69) is 59.0 Å². The molecule has 0 unspecified atom stereocenters. The van der Waals surface area contributed by atoms with Crippen molar-refractivity contribution in [2.75, 3.05) is 7.05 Å². The van der Waals surface area contributed by atoms with Crippen LogP contribution in [0.3, 0.4) is 0 Å². The Morgan fingerprint density at radius 3 is 1.56 bits per heavy atom. The molecule has 0 amide bonds. The van der Waals surface area contributed by atoms with Gasteiger partial charge in [-0.15, -0.1) is 0 Å². The molecule has 0 saturated carbocycles. The first-order valence-corrected chi connectivity index (χ1v) is 6.82. The molecule has 0 atom stereocenters. The third kappa shape index (κ3) is 2.58. The first-order valence-electron chi connectivity index (χ1n) is 5.32. The summed E-state index contributed by atoms with van der Waals surface area (Å²) in [5, 5.41) is 6.08. The van der Waals surface area contributed by atoms with Gasteiger partial charge in [0.25, 0.3) is 0 Å².